The average molecular weight is 324 g/mol. The van der Waals surface area contributed by atoms with Crippen LogP contribution in [-0.4, -0.2) is 66.4 Å². The molecule has 0 aromatic carbocycles. The van der Waals surface area contributed by atoms with E-state index >= 15 is 0 Å². The number of carbonyl (C=O) groups excluding carboxylic acids is 1. The molecule has 2 amide bonds. The van der Waals surface area contributed by atoms with Crippen LogP contribution in [-0.2, 0) is 11.3 Å². The fourth-order valence-electron chi connectivity index (χ4n) is 2.52. The van der Waals surface area contributed by atoms with Crippen molar-refractivity contribution in [2.75, 3.05) is 39.3 Å². The molecule has 23 heavy (non-hydrogen) atoms. The van der Waals surface area contributed by atoms with E-state index in [4.69, 9.17) is 9.26 Å². The summed E-state index contributed by atoms with van der Waals surface area (Å²) in [6.45, 7) is 11.2. The standard InChI is InChI=1S/C16H28N4O3/c1-13(2)22-10-4-5-17-16(21)20-8-6-19(7-9-20)12-15-11-14(3)18-23-15/h11,13H,4-10,12H2,1-3H3,(H,17,21). The molecule has 1 aliphatic heterocycles. The van der Waals surface area contributed by atoms with Crippen LogP contribution >= 0.6 is 0 Å². The summed E-state index contributed by atoms with van der Waals surface area (Å²) in [6, 6.07) is 1.97. The van der Waals surface area contributed by atoms with Crippen molar-refractivity contribution in [3.63, 3.8) is 0 Å². The van der Waals surface area contributed by atoms with E-state index in [0.29, 0.717) is 13.2 Å². The van der Waals surface area contributed by atoms with Gasteiger partial charge in [-0.3, -0.25) is 4.90 Å². The smallest absolute Gasteiger partial charge is 0.317 e. The Morgan fingerprint density at radius 3 is 2.74 bits per heavy atom. The van der Waals surface area contributed by atoms with Gasteiger partial charge in [-0.2, -0.15) is 0 Å². The summed E-state index contributed by atoms with van der Waals surface area (Å²) in [6.07, 6.45) is 1.08. The van der Waals surface area contributed by atoms with Crippen molar-refractivity contribution in [3.05, 3.63) is 17.5 Å². The van der Waals surface area contributed by atoms with Crippen molar-refractivity contribution in [3.8, 4) is 0 Å². The first-order valence-electron chi connectivity index (χ1n) is 8.33. The zero-order chi connectivity index (χ0) is 16.7. The third-order valence-electron chi connectivity index (χ3n) is 3.76. The molecule has 0 atom stereocenters. The van der Waals surface area contributed by atoms with Crippen molar-refractivity contribution in [1.29, 1.82) is 0 Å². The maximum atomic E-state index is 12.1. The number of hydrogen-bond donors (Lipinski definition) is 1. The lowest BCUT2D eigenvalue weighted by Gasteiger charge is -2.34. The maximum absolute atomic E-state index is 12.1. The van der Waals surface area contributed by atoms with Crippen LogP contribution in [0.25, 0.3) is 0 Å². The third-order valence-corrected chi connectivity index (χ3v) is 3.76. The van der Waals surface area contributed by atoms with Crippen LogP contribution in [0, 0.1) is 6.92 Å². The topological polar surface area (TPSA) is 70.8 Å². The van der Waals surface area contributed by atoms with Crippen LogP contribution in [0.5, 0.6) is 0 Å². The number of urea groups is 1. The van der Waals surface area contributed by atoms with Crippen molar-refractivity contribution in [1.82, 2.24) is 20.3 Å². The third kappa shape index (κ3) is 6.19. The van der Waals surface area contributed by atoms with Gasteiger partial charge in [0.25, 0.3) is 0 Å². The van der Waals surface area contributed by atoms with Gasteiger partial charge in [-0.05, 0) is 27.2 Å². The molecule has 2 heterocycles. The quantitative estimate of drug-likeness (QED) is 0.772. The highest BCUT2D eigenvalue weighted by Gasteiger charge is 2.21. The van der Waals surface area contributed by atoms with Crippen molar-refractivity contribution < 1.29 is 14.1 Å². The fourth-order valence-corrected chi connectivity index (χ4v) is 2.52. The van der Waals surface area contributed by atoms with Gasteiger partial charge in [0.2, 0.25) is 0 Å². The van der Waals surface area contributed by atoms with E-state index in [0.717, 1.165) is 50.6 Å². The Balaban J connectivity index is 1.60. The lowest BCUT2D eigenvalue weighted by Crippen LogP contribution is -2.51. The highest BCUT2D eigenvalue weighted by atomic mass is 16.5. The summed E-state index contributed by atoms with van der Waals surface area (Å²) >= 11 is 0. The van der Waals surface area contributed by atoms with Gasteiger partial charge in [-0.1, -0.05) is 5.16 Å². The second-order valence-corrected chi connectivity index (χ2v) is 6.20. The predicted octanol–water partition coefficient (Wildman–Crippen LogP) is 1.63. The Hall–Kier alpha value is -1.60. The lowest BCUT2D eigenvalue weighted by molar-refractivity contribution is 0.0768. The summed E-state index contributed by atoms with van der Waals surface area (Å²) < 4.78 is 10.7. The van der Waals surface area contributed by atoms with Gasteiger partial charge in [0.15, 0.2) is 5.76 Å². The zero-order valence-electron chi connectivity index (χ0n) is 14.4. The Bertz CT molecular complexity index is 481. The van der Waals surface area contributed by atoms with Crippen LogP contribution in [0.4, 0.5) is 4.79 Å². The molecule has 7 nitrogen and oxygen atoms in total. The summed E-state index contributed by atoms with van der Waals surface area (Å²) in [7, 11) is 0. The monoisotopic (exact) mass is 324 g/mol. The van der Waals surface area contributed by atoms with Gasteiger partial charge in [0.1, 0.15) is 0 Å². The minimum absolute atomic E-state index is 0.0182. The summed E-state index contributed by atoms with van der Waals surface area (Å²) in [5.74, 6) is 0.880. The van der Waals surface area contributed by atoms with Gasteiger partial charge < -0.3 is 19.5 Å². The van der Waals surface area contributed by atoms with E-state index in [1.165, 1.54) is 0 Å². The molecule has 1 N–H and O–H groups in total. The number of hydrogen-bond acceptors (Lipinski definition) is 5. The van der Waals surface area contributed by atoms with E-state index in [1.54, 1.807) is 0 Å². The molecule has 0 spiro atoms. The number of ether oxygens (including phenoxy) is 1. The maximum Gasteiger partial charge on any atom is 0.317 e. The Labute approximate surface area is 137 Å². The van der Waals surface area contributed by atoms with E-state index in [2.05, 4.69) is 15.4 Å². The molecule has 7 heteroatoms. The highest BCUT2D eigenvalue weighted by Crippen LogP contribution is 2.09. The number of nitrogens with one attached hydrogen (secondary N) is 1. The molecule has 0 bridgehead atoms. The second kappa shape index (κ2) is 8.88. The number of piperazine rings is 1. The first kappa shape index (κ1) is 17.7. The van der Waals surface area contributed by atoms with Crippen molar-refractivity contribution in [2.24, 2.45) is 0 Å². The van der Waals surface area contributed by atoms with E-state index in [9.17, 15) is 4.79 Å². The van der Waals surface area contributed by atoms with Crippen LogP contribution in [0.3, 0.4) is 0 Å². The molecule has 0 saturated carbocycles. The van der Waals surface area contributed by atoms with E-state index < -0.39 is 0 Å². The molecule has 1 aromatic heterocycles. The van der Waals surface area contributed by atoms with Crippen LogP contribution in [0.1, 0.15) is 31.7 Å². The molecule has 1 fully saturated rings. The molecular weight excluding hydrogens is 296 g/mol. The molecular formula is C16H28N4O3. The van der Waals surface area contributed by atoms with Gasteiger partial charge in [0, 0.05) is 45.4 Å². The molecule has 1 aliphatic rings. The number of nitrogens with zero attached hydrogens (tertiary/aromatic N) is 3. The Morgan fingerprint density at radius 2 is 2.13 bits per heavy atom. The normalized spacial score (nSPS) is 16.1. The Morgan fingerprint density at radius 1 is 1.39 bits per heavy atom. The van der Waals surface area contributed by atoms with Gasteiger partial charge in [-0.15, -0.1) is 0 Å². The molecule has 0 unspecified atom stereocenters. The predicted molar refractivity (Wildman–Crippen MR) is 87.2 cm³/mol. The van der Waals surface area contributed by atoms with Crippen molar-refractivity contribution >= 4 is 6.03 Å². The average Bonchev–Trinajstić information content (AvgIpc) is 2.92. The minimum Gasteiger partial charge on any atom is -0.379 e. The molecule has 0 radical (unpaired) electrons. The van der Waals surface area contributed by atoms with E-state index in [-0.39, 0.29) is 12.1 Å². The van der Waals surface area contributed by atoms with Gasteiger partial charge in [-0.25, -0.2) is 4.79 Å². The summed E-state index contributed by atoms with van der Waals surface area (Å²) in [5, 5.41) is 6.85. The molecule has 1 saturated heterocycles. The number of aryl methyl sites for hydroxylation is 1. The number of carbonyl (C=O) groups is 1. The summed E-state index contributed by atoms with van der Waals surface area (Å²) in [5.41, 5.74) is 0.902. The van der Waals surface area contributed by atoms with Crippen LogP contribution in [0.2, 0.25) is 0 Å². The minimum atomic E-state index is 0.0182. The zero-order valence-corrected chi connectivity index (χ0v) is 14.4. The molecule has 130 valence electrons. The summed E-state index contributed by atoms with van der Waals surface area (Å²) in [4.78, 5) is 16.2. The largest absolute Gasteiger partial charge is 0.379 e. The molecule has 0 aliphatic carbocycles. The van der Waals surface area contributed by atoms with Gasteiger partial charge in [0.05, 0.1) is 18.3 Å². The fraction of sp³-hybridized carbons (Fsp3) is 0.750. The second-order valence-electron chi connectivity index (χ2n) is 6.20. The number of aromatic nitrogens is 1. The SMILES string of the molecule is Cc1cc(CN2CCN(C(=O)NCCCOC(C)C)CC2)on1. The molecule has 2 rings (SSSR count). The number of rotatable bonds is 7. The molecule has 1 aromatic rings. The number of amides is 2. The highest BCUT2D eigenvalue weighted by molar-refractivity contribution is 5.74. The van der Waals surface area contributed by atoms with Gasteiger partial charge >= 0.3 is 6.03 Å². The first-order valence-corrected chi connectivity index (χ1v) is 8.33. The van der Waals surface area contributed by atoms with E-state index in [1.807, 2.05) is 31.7 Å². The lowest BCUT2D eigenvalue weighted by atomic mass is 10.3. The van der Waals surface area contributed by atoms with Crippen LogP contribution < -0.4 is 5.32 Å². The first-order chi connectivity index (χ1) is 11.0. The Kier molecular flexibility index (Phi) is 6.85. The van der Waals surface area contributed by atoms with Crippen LogP contribution in [0.15, 0.2) is 10.6 Å². The van der Waals surface area contributed by atoms with Crippen molar-refractivity contribution in [2.45, 2.75) is 39.8 Å².